The maximum absolute atomic E-state index is 11.5. The van der Waals surface area contributed by atoms with Crippen molar-refractivity contribution in [1.82, 2.24) is 10.2 Å². The molecule has 0 aromatic carbocycles. The molecule has 0 aromatic heterocycles. The lowest BCUT2D eigenvalue weighted by molar-refractivity contribution is 0.0911. The Morgan fingerprint density at radius 2 is 2.25 bits per heavy atom. The van der Waals surface area contributed by atoms with Gasteiger partial charge in [0.1, 0.15) is 0 Å². The number of ether oxygens (including phenoxy) is 2. The van der Waals surface area contributed by atoms with Gasteiger partial charge >= 0.3 is 12.2 Å². The van der Waals surface area contributed by atoms with Crippen LogP contribution in [0, 0.1) is 0 Å². The van der Waals surface area contributed by atoms with Gasteiger partial charge in [-0.25, -0.2) is 9.59 Å². The summed E-state index contributed by atoms with van der Waals surface area (Å²) < 4.78 is 9.42. The second kappa shape index (κ2) is 6.19. The van der Waals surface area contributed by atoms with E-state index in [0.29, 0.717) is 19.7 Å². The second-order valence-electron chi connectivity index (χ2n) is 3.62. The highest BCUT2D eigenvalue weighted by Gasteiger charge is 2.25. The highest BCUT2D eigenvalue weighted by atomic mass is 16.6. The fraction of sp³-hybridized carbons (Fsp3) is 0.800. The Hall–Kier alpha value is -1.46. The number of methoxy groups -OCH3 is 1. The Balaban J connectivity index is 2.40. The van der Waals surface area contributed by atoms with E-state index in [1.54, 1.807) is 11.8 Å². The number of likely N-dealkylation sites (tertiary alicyclic amines) is 1. The average molecular weight is 230 g/mol. The van der Waals surface area contributed by atoms with Crippen molar-refractivity contribution in [3.8, 4) is 0 Å². The van der Waals surface area contributed by atoms with Gasteiger partial charge in [-0.3, -0.25) is 0 Å². The van der Waals surface area contributed by atoms with Crippen molar-refractivity contribution in [2.45, 2.75) is 25.8 Å². The number of carbonyl (C=O) groups excluding carboxylic acids is 2. The minimum absolute atomic E-state index is 0.0504. The SMILES string of the molecule is CCOC(=O)N1CCCC(NC(=O)OC)C1. The van der Waals surface area contributed by atoms with Gasteiger partial charge in [0.05, 0.1) is 13.7 Å². The largest absolute Gasteiger partial charge is 0.453 e. The molecule has 0 saturated carbocycles. The number of hydrogen-bond donors (Lipinski definition) is 1. The first-order valence-electron chi connectivity index (χ1n) is 5.43. The maximum atomic E-state index is 11.5. The third-order valence-electron chi connectivity index (χ3n) is 2.45. The first-order valence-corrected chi connectivity index (χ1v) is 5.43. The highest BCUT2D eigenvalue weighted by Crippen LogP contribution is 2.11. The van der Waals surface area contributed by atoms with Crippen LogP contribution in [0.25, 0.3) is 0 Å². The molecule has 16 heavy (non-hydrogen) atoms. The van der Waals surface area contributed by atoms with Crippen molar-refractivity contribution in [3.63, 3.8) is 0 Å². The van der Waals surface area contributed by atoms with Crippen molar-refractivity contribution < 1.29 is 19.1 Å². The van der Waals surface area contributed by atoms with E-state index in [4.69, 9.17) is 4.74 Å². The van der Waals surface area contributed by atoms with Crippen molar-refractivity contribution in [3.05, 3.63) is 0 Å². The Kier molecular flexibility index (Phi) is 4.88. The normalized spacial score (nSPS) is 20.1. The number of alkyl carbamates (subject to hydrolysis) is 1. The third-order valence-corrected chi connectivity index (χ3v) is 2.45. The molecule has 92 valence electrons. The second-order valence-corrected chi connectivity index (χ2v) is 3.62. The average Bonchev–Trinajstić information content (AvgIpc) is 2.29. The topological polar surface area (TPSA) is 67.9 Å². The summed E-state index contributed by atoms with van der Waals surface area (Å²) in [5.41, 5.74) is 0. The molecule has 0 bridgehead atoms. The fourth-order valence-electron chi connectivity index (χ4n) is 1.70. The van der Waals surface area contributed by atoms with Crippen LogP contribution in [0.5, 0.6) is 0 Å². The molecule has 0 aromatic rings. The molecule has 0 aliphatic carbocycles. The Bertz CT molecular complexity index is 257. The van der Waals surface area contributed by atoms with Gasteiger partial charge in [0.2, 0.25) is 0 Å². The number of carbonyl (C=O) groups is 2. The molecule has 1 rings (SSSR count). The van der Waals surface area contributed by atoms with E-state index in [1.807, 2.05) is 0 Å². The molecular formula is C10H18N2O4. The standard InChI is InChI=1S/C10H18N2O4/c1-3-16-10(14)12-6-4-5-8(7-12)11-9(13)15-2/h8H,3-7H2,1-2H3,(H,11,13). The predicted molar refractivity (Wildman–Crippen MR) is 57.2 cm³/mol. The van der Waals surface area contributed by atoms with Crippen molar-refractivity contribution in [2.75, 3.05) is 26.8 Å². The maximum Gasteiger partial charge on any atom is 0.409 e. The summed E-state index contributed by atoms with van der Waals surface area (Å²) in [7, 11) is 1.32. The van der Waals surface area contributed by atoms with Crippen molar-refractivity contribution >= 4 is 12.2 Å². The van der Waals surface area contributed by atoms with Gasteiger partial charge < -0.3 is 19.7 Å². The van der Waals surface area contributed by atoms with Gasteiger partial charge in [-0.2, -0.15) is 0 Å². The summed E-state index contributed by atoms with van der Waals surface area (Å²) in [6, 6.07) is -0.0504. The molecule has 1 unspecified atom stereocenters. The molecular weight excluding hydrogens is 212 g/mol. The van der Waals surface area contributed by atoms with E-state index in [1.165, 1.54) is 7.11 Å². The molecule has 0 spiro atoms. The summed E-state index contributed by atoms with van der Waals surface area (Å²) in [5.74, 6) is 0. The van der Waals surface area contributed by atoms with Crippen LogP contribution < -0.4 is 5.32 Å². The van der Waals surface area contributed by atoms with Gasteiger partial charge in [-0.1, -0.05) is 0 Å². The van der Waals surface area contributed by atoms with Gasteiger partial charge in [0.15, 0.2) is 0 Å². The number of nitrogens with one attached hydrogen (secondary N) is 1. The molecule has 1 saturated heterocycles. The Morgan fingerprint density at radius 3 is 2.88 bits per heavy atom. The lowest BCUT2D eigenvalue weighted by Crippen LogP contribution is -2.49. The van der Waals surface area contributed by atoms with Crippen LogP contribution in [-0.4, -0.2) is 49.9 Å². The molecule has 2 amide bonds. The fourth-order valence-corrected chi connectivity index (χ4v) is 1.70. The van der Waals surface area contributed by atoms with Crippen molar-refractivity contribution in [1.29, 1.82) is 0 Å². The van der Waals surface area contributed by atoms with Crippen LogP contribution in [-0.2, 0) is 9.47 Å². The van der Waals surface area contributed by atoms with Gasteiger partial charge in [-0.05, 0) is 19.8 Å². The van der Waals surface area contributed by atoms with Crippen LogP contribution in [0.3, 0.4) is 0 Å². The summed E-state index contributed by atoms with van der Waals surface area (Å²) in [4.78, 5) is 24.1. The molecule has 1 aliphatic rings. The minimum Gasteiger partial charge on any atom is -0.453 e. The molecule has 1 fully saturated rings. The van der Waals surface area contributed by atoms with Crippen LogP contribution in [0.1, 0.15) is 19.8 Å². The zero-order valence-corrected chi connectivity index (χ0v) is 9.69. The zero-order chi connectivity index (χ0) is 12.0. The predicted octanol–water partition coefficient (Wildman–Crippen LogP) is 0.963. The van der Waals surface area contributed by atoms with E-state index < -0.39 is 6.09 Å². The first kappa shape index (κ1) is 12.6. The molecule has 0 radical (unpaired) electrons. The zero-order valence-electron chi connectivity index (χ0n) is 9.69. The number of nitrogens with zero attached hydrogens (tertiary/aromatic N) is 1. The van der Waals surface area contributed by atoms with E-state index >= 15 is 0 Å². The number of hydrogen-bond acceptors (Lipinski definition) is 4. The highest BCUT2D eigenvalue weighted by molar-refractivity contribution is 5.69. The first-order chi connectivity index (χ1) is 7.67. The van der Waals surface area contributed by atoms with Gasteiger partial charge in [0.25, 0.3) is 0 Å². The molecule has 6 heteroatoms. The Labute approximate surface area is 94.9 Å². The van der Waals surface area contributed by atoms with Crippen LogP contribution >= 0.6 is 0 Å². The molecule has 1 aliphatic heterocycles. The Morgan fingerprint density at radius 1 is 1.50 bits per heavy atom. The van der Waals surface area contributed by atoms with E-state index in [-0.39, 0.29) is 12.1 Å². The molecule has 1 N–H and O–H groups in total. The van der Waals surface area contributed by atoms with E-state index in [0.717, 1.165) is 12.8 Å². The molecule has 1 atom stereocenters. The van der Waals surface area contributed by atoms with E-state index in [9.17, 15) is 9.59 Å². The van der Waals surface area contributed by atoms with Crippen LogP contribution in [0.4, 0.5) is 9.59 Å². The van der Waals surface area contributed by atoms with Crippen LogP contribution in [0.15, 0.2) is 0 Å². The smallest absolute Gasteiger partial charge is 0.409 e. The van der Waals surface area contributed by atoms with Crippen LogP contribution in [0.2, 0.25) is 0 Å². The summed E-state index contributed by atoms with van der Waals surface area (Å²) >= 11 is 0. The van der Waals surface area contributed by atoms with Gasteiger partial charge in [0, 0.05) is 19.1 Å². The lowest BCUT2D eigenvalue weighted by atomic mass is 10.1. The number of rotatable bonds is 2. The molecule has 1 heterocycles. The van der Waals surface area contributed by atoms with Gasteiger partial charge in [-0.15, -0.1) is 0 Å². The molecule has 6 nitrogen and oxygen atoms in total. The number of piperidine rings is 1. The minimum atomic E-state index is -0.462. The number of amides is 2. The monoisotopic (exact) mass is 230 g/mol. The lowest BCUT2D eigenvalue weighted by Gasteiger charge is -2.31. The van der Waals surface area contributed by atoms with E-state index in [2.05, 4.69) is 10.1 Å². The van der Waals surface area contributed by atoms with Crippen molar-refractivity contribution in [2.24, 2.45) is 0 Å². The quantitative estimate of drug-likeness (QED) is 0.767. The summed E-state index contributed by atoms with van der Waals surface area (Å²) in [5, 5.41) is 2.68. The summed E-state index contributed by atoms with van der Waals surface area (Å²) in [6.45, 7) is 3.29. The summed E-state index contributed by atoms with van der Waals surface area (Å²) in [6.07, 6.45) is 0.924. The third kappa shape index (κ3) is 3.60.